The van der Waals surface area contributed by atoms with Gasteiger partial charge in [-0.05, 0) is 23.8 Å². The van der Waals surface area contributed by atoms with E-state index >= 15 is 0 Å². The van der Waals surface area contributed by atoms with E-state index < -0.39 is 0 Å². The highest BCUT2D eigenvalue weighted by atomic mass is 16.5. The lowest BCUT2D eigenvalue weighted by molar-refractivity contribution is 0.324. The van der Waals surface area contributed by atoms with Crippen LogP contribution in [-0.2, 0) is 0 Å². The van der Waals surface area contributed by atoms with Crippen molar-refractivity contribution in [3.8, 4) is 28.7 Å². The van der Waals surface area contributed by atoms with E-state index in [1.165, 1.54) is 0 Å². The first-order valence-electron chi connectivity index (χ1n) is 7.62. The van der Waals surface area contributed by atoms with E-state index in [1.807, 2.05) is 36.4 Å². The lowest BCUT2D eigenvalue weighted by Gasteiger charge is -2.12. The van der Waals surface area contributed by atoms with Crippen LogP contribution in [-0.4, -0.2) is 31.5 Å². The summed E-state index contributed by atoms with van der Waals surface area (Å²) in [7, 11) is 4.67. The first kappa shape index (κ1) is 16.6. The highest BCUT2D eigenvalue weighted by Gasteiger charge is 2.17. The highest BCUT2D eigenvalue weighted by molar-refractivity contribution is 5.68. The maximum absolute atomic E-state index is 5.70. The van der Waals surface area contributed by atoms with Gasteiger partial charge in [0.2, 0.25) is 17.5 Å². The SMILES string of the molecule is COc1cc(-c2nnc(/C=C/c3ccccc3)o2)cc(OC)c1OC. The molecule has 0 bridgehead atoms. The number of methoxy groups -OCH3 is 3. The van der Waals surface area contributed by atoms with Crippen molar-refractivity contribution in [2.24, 2.45) is 0 Å². The van der Waals surface area contributed by atoms with Gasteiger partial charge in [0.15, 0.2) is 11.5 Å². The zero-order chi connectivity index (χ0) is 17.6. The van der Waals surface area contributed by atoms with Crippen molar-refractivity contribution >= 4 is 12.2 Å². The molecule has 0 aliphatic carbocycles. The van der Waals surface area contributed by atoms with Gasteiger partial charge in [-0.25, -0.2) is 0 Å². The minimum atomic E-state index is 0.368. The first-order valence-corrected chi connectivity index (χ1v) is 7.62. The maximum atomic E-state index is 5.70. The van der Waals surface area contributed by atoms with Crippen LogP contribution in [0.3, 0.4) is 0 Å². The van der Waals surface area contributed by atoms with E-state index in [0.717, 1.165) is 5.56 Å². The van der Waals surface area contributed by atoms with Gasteiger partial charge >= 0.3 is 0 Å². The molecule has 0 amide bonds. The molecule has 3 rings (SSSR count). The van der Waals surface area contributed by atoms with Crippen LogP contribution in [0.25, 0.3) is 23.6 Å². The van der Waals surface area contributed by atoms with Crippen molar-refractivity contribution < 1.29 is 18.6 Å². The van der Waals surface area contributed by atoms with E-state index in [2.05, 4.69) is 10.2 Å². The average Bonchev–Trinajstić information content (AvgIpc) is 3.15. The van der Waals surface area contributed by atoms with Crippen LogP contribution in [0.15, 0.2) is 46.9 Å². The molecule has 0 saturated heterocycles. The minimum absolute atomic E-state index is 0.368. The molecule has 1 heterocycles. The minimum Gasteiger partial charge on any atom is -0.493 e. The molecular weight excluding hydrogens is 320 g/mol. The predicted octanol–water partition coefficient (Wildman–Crippen LogP) is 3.93. The number of hydrogen-bond donors (Lipinski definition) is 0. The van der Waals surface area contributed by atoms with Crippen LogP contribution in [0.1, 0.15) is 11.5 Å². The van der Waals surface area contributed by atoms with Gasteiger partial charge in [0.25, 0.3) is 0 Å². The quantitative estimate of drug-likeness (QED) is 0.678. The van der Waals surface area contributed by atoms with Gasteiger partial charge in [0, 0.05) is 11.6 Å². The molecule has 0 unspecified atom stereocenters. The topological polar surface area (TPSA) is 66.6 Å². The Balaban J connectivity index is 1.90. The number of hydrogen-bond acceptors (Lipinski definition) is 6. The van der Waals surface area contributed by atoms with E-state index in [1.54, 1.807) is 39.5 Å². The molecule has 6 nitrogen and oxygen atoms in total. The second kappa shape index (κ2) is 7.53. The molecule has 0 saturated carbocycles. The highest BCUT2D eigenvalue weighted by Crippen LogP contribution is 2.40. The molecule has 0 spiro atoms. The summed E-state index contributed by atoms with van der Waals surface area (Å²) >= 11 is 0. The largest absolute Gasteiger partial charge is 0.493 e. The van der Waals surface area contributed by atoms with E-state index in [4.69, 9.17) is 18.6 Å². The monoisotopic (exact) mass is 338 g/mol. The van der Waals surface area contributed by atoms with E-state index in [9.17, 15) is 0 Å². The lowest BCUT2D eigenvalue weighted by Crippen LogP contribution is -1.95. The number of aromatic nitrogens is 2. The molecule has 2 aromatic carbocycles. The number of rotatable bonds is 6. The molecule has 1 aromatic heterocycles. The molecule has 0 radical (unpaired) electrons. The van der Waals surface area contributed by atoms with E-state index in [0.29, 0.717) is 34.6 Å². The normalized spacial score (nSPS) is 10.8. The third-order valence-electron chi connectivity index (χ3n) is 3.57. The summed E-state index contributed by atoms with van der Waals surface area (Å²) in [6.07, 6.45) is 3.68. The van der Waals surface area contributed by atoms with Crippen molar-refractivity contribution in [2.75, 3.05) is 21.3 Å². The fourth-order valence-corrected chi connectivity index (χ4v) is 2.35. The van der Waals surface area contributed by atoms with Crippen LogP contribution in [0.5, 0.6) is 17.2 Å². The standard InChI is InChI=1S/C19H18N2O4/c1-22-15-11-14(12-16(23-2)18(15)24-3)19-21-20-17(25-19)10-9-13-7-5-4-6-8-13/h4-12H,1-3H3/b10-9+. The molecule has 0 aliphatic rings. The van der Waals surface area contributed by atoms with Gasteiger partial charge in [0.1, 0.15) is 0 Å². The Kier molecular flexibility index (Phi) is 4.99. The summed E-state index contributed by atoms with van der Waals surface area (Å²) in [5.41, 5.74) is 1.73. The van der Waals surface area contributed by atoms with Crippen LogP contribution < -0.4 is 14.2 Å². The molecule has 6 heteroatoms. The lowest BCUT2D eigenvalue weighted by atomic mass is 10.2. The van der Waals surface area contributed by atoms with Gasteiger partial charge < -0.3 is 18.6 Å². The Labute approximate surface area is 145 Å². The molecular formula is C19H18N2O4. The summed E-state index contributed by atoms with van der Waals surface area (Å²) in [6.45, 7) is 0. The Bertz CT molecular complexity index is 847. The molecule has 0 aliphatic heterocycles. The first-order chi connectivity index (χ1) is 12.2. The summed E-state index contributed by atoms with van der Waals surface area (Å²) in [4.78, 5) is 0. The smallest absolute Gasteiger partial charge is 0.248 e. The second-order valence-electron chi connectivity index (χ2n) is 5.10. The summed E-state index contributed by atoms with van der Waals surface area (Å²) in [5.74, 6) is 2.34. The fourth-order valence-electron chi connectivity index (χ4n) is 2.35. The summed E-state index contributed by atoms with van der Waals surface area (Å²) < 4.78 is 21.7. The van der Waals surface area contributed by atoms with Gasteiger partial charge in [-0.3, -0.25) is 0 Å². The molecule has 0 fully saturated rings. The number of ether oxygens (including phenoxy) is 3. The van der Waals surface area contributed by atoms with Gasteiger partial charge in [0.05, 0.1) is 21.3 Å². The maximum Gasteiger partial charge on any atom is 0.248 e. The van der Waals surface area contributed by atoms with Crippen LogP contribution in [0, 0.1) is 0 Å². The number of nitrogens with zero attached hydrogens (tertiary/aromatic N) is 2. The summed E-state index contributed by atoms with van der Waals surface area (Å²) in [5, 5.41) is 8.13. The molecule has 0 N–H and O–H groups in total. The van der Waals surface area contributed by atoms with Gasteiger partial charge in [-0.2, -0.15) is 0 Å². The molecule has 25 heavy (non-hydrogen) atoms. The summed E-state index contributed by atoms with van der Waals surface area (Å²) in [6, 6.07) is 13.4. The third-order valence-corrected chi connectivity index (χ3v) is 3.57. The van der Waals surface area contributed by atoms with Crippen LogP contribution in [0.4, 0.5) is 0 Å². The Morgan fingerprint density at radius 2 is 1.52 bits per heavy atom. The molecule has 0 atom stereocenters. The molecule has 128 valence electrons. The van der Waals surface area contributed by atoms with Crippen molar-refractivity contribution in [1.29, 1.82) is 0 Å². The van der Waals surface area contributed by atoms with Crippen LogP contribution >= 0.6 is 0 Å². The van der Waals surface area contributed by atoms with Gasteiger partial charge in [-0.15, -0.1) is 10.2 Å². The molecule has 3 aromatic rings. The van der Waals surface area contributed by atoms with Crippen molar-refractivity contribution in [3.63, 3.8) is 0 Å². The van der Waals surface area contributed by atoms with Crippen LogP contribution in [0.2, 0.25) is 0 Å². The zero-order valence-corrected chi connectivity index (χ0v) is 14.2. The van der Waals surface area contributed by atoms with Crippen molar-refractivity contribution in [2.45, 2.75) is 0 Å². The number of benzene rings is 2. The van der Waals surface area contributed by atoms with Gasteiger partial charge in [-0.1, -0.05) is 30.3 Å². The van der Waals surface area contributed by atoms with E-state index in [-0.39, 0.29) is 0 Å². The third kappa shape index (κ3) is 3.63. The predicted molar refractivity (Wildman–Crippen MR) is 94.8 cm³/mol. The fraction of sp³-hybridized carbons (Fsp3) is 0.158. The zero-order valence-electron chi connectivity index (χ0n) is 14.2. The average molecular weight is 338 g/mol. The van der Waals surface area contributed by atoms with Crippen molar-refractivity contribution in [3.05, 3.63) is 53.9 Å². The Hall–Kier alpha value is -3.28. The second-order valence-corrected chi connectivity index (χ2v) is 5.10. The van der Waals surface area contributed by atoms with Crippen molar-refractivity contribution in [1.82, 2.24) is 10.2 Å². The Morgan fingerprint density at radius 1 is 0.840 bits per heavy atom. The Morgan fingerprint density at radius 3 is 2.12 bits per heavy atom.